The Kier molecular flexibility index (Phi) is 8.83. The fourth-order valence-electron chi connectivity index (χ4n) is 4.44. The van der Waals surface area contributed by atoms with Crippen LogP contribution in [0.5, 0.6) is 5.75 Å². The summed E-state index contributed by atoms with van der Waals surface area (Å²) in [5.74, 6) is 1.37. The number of piperidine rings is 1. The third-order valence-corrected chi connectivity index (χ3v) is 7.31. The van der Waals surface area contributed by atoms with E-state index in [1.165, 1.54) is 11.8 Å². The number of methoxy groups -OCH3 is 1. The molecule has 1 aliphatic heterocycles. The second-order valence-corrected chi connectivity index (χ2v) is 10.9. The van der Waals surface area contributed by atoms with Crippen LogP contribution in [0, 0.1) is 0 Å². The molecular weight excluding hydrogens is 516 g/mol. The molecule has 0 spiro atoms. The number of nitrogens with one attached hydrogen (secondary N) is 2. The molecule has 12 heteroatoms. The minimum atomic E-state index is -3.72. The molecule has 10 nitrogen and oxygen atoms in total. The topological polar surface area (TPSA) is 143 Å². The normalized spacial score (nSPS) is 14.9. The van der Waals surface area contributed by atoms with E-state index in [9.17, 15) is 8.42 Å². The van der Waals surface area contributed by atoms with E-state index in [-0.39, 0.29) is 17.4 Å². The van der Waals surface area contributed by atoms with Crippen LogP contribution in [0.25, 0.3) is 0 Å². The van der Waals surface area contributed by atoms with Crippen molar-refractivity contribution in [1.82, 2.24) is 14.9 Å². The van der Waals surface area contributed by atoms with Crippen molar-refractivity contribution in [3.8, 4) is 5.75 Å². The van der Waals surface area contributed by atoms with E-state index < -0.39 is 10.0 Å². The lowest BCUT2D eigenvalue weighted by Gasteiger charge is -2.31. The number of primary sulfonamides is 1. The first-order valence-corrected chi connectivity index (χ1v) is 14.0. The number of rotatable bonds is 10. The molecule has 1 aliphatic rings. The van der Waals surface area contributed by atoms with Crippen molar-refractivity contribution in [3.63, 3.8) is 0 Å². The quantitative estimate of drug-likeness (QED) is 0.300. The summed E-state index contributed by atoms with van der Waals surface area (Å²) in [4.78, 5) is 11.0. The highest BCUT2D eigenvalue weighted by Gasteiger charge is 2.21. The average Bonchev–Trinajstić information content (AvgIpc) is 2.87. The molecule has 5 N–H and O–H groups in total. The molecule has 2 aromatic carbocycles. The molecule has 4 rings (SSSR count). The molecule has 1 fully saturated rings. The third kappa shape index (κ3) is 7.30. The number of sulfonamides is 1. The molecule has 0 amide bonds. The van der Waals surface area contributed by atoms with Gasteiger partial charge in [0, 0.05) is 12.2 Å². The van der Waals surface area contributed by atoms with E-state index in [2.05, 4.69) is 31.6 Å². The molecule has 2 heterocycles. The summed E-state index contributed by atoms with van der Waals surface area (Å²) >= 11 is 6.33. The second-order valence-electron chi connectivity index (χ2n) is 8.90. The number of nitrogens with two attached hydrogens (primary N) is 1. The zero-order valence-corrected chi connectivity index (χ0v) is 22.1. The van der Waals surface area contributed by atoms with Crippen LogP contribution in [0.4, 0.5) is 23.1 Å². The van der Waals surface area contributed by atoms with Gasteiger partial charge in [0.15, 0.2) is 5.82 Å². The van der Waals surface area contributed by atoms with Gasteiger partial charge in [-0.05, 0) is 61.2 Å². The van der Waals surface area contributed by atoms with Gasteiger partial charge in [0.1, 0.15) is 10.8 Å². The Balaban J connectivity index is 1.51. The van der Waals surface area contributed by atoms with Crippen molar-refractivity contribution >= 4 is 44.8 Å². The molecule has 1 saturated heterocycles. The van der Waals surface area contributed by atoms with Crippen LogP contribution in [0.2, 0.25) is 5.02 Å². The summed E-state index contributed by atoms with van der Waals surface area (Å²) in [5, 5.41) is 20.9. The molecule has 0 saturated carbocycles. The first-order chi connectivity index (χ1) is 17.8. The van der Waals surface area contributed by atoms with Gasteiger partial charge in [-0.1, -0.05) is 35.9 Å². The SMILES string of the molecule is COc1cc(C2CCN(CCO)CC2)ccc1Nc1ncc(Cl)c(Nc2ccccc2CS(N)(=O)=O)n1. The number of nitrogens with zero attached hydrogens (tertiary/aromatic N) is 3. The zero-order valence-electron chi connectivity index (χ0n) is 20.5. The summed E-state index contributed by atoms with van der Waals surface area (Å²) in [7, 11) is -2.10. The molecule has 0 aliphatic carbocycles. The van der Waals surface area contributed by atoms with Gasteiger partial charge in [0.25, 0.3) is 0 Å². The predicted molar refractivity (Wildman–Crippen MR) is 145 cm³/mol. The highest BCUT2D eigenvalue weighted by atomic mass is 35.5. The van der Waals surface area contributed by atoms with Crippen LogP contribution in [0.15, 0.2) is 48.7 Å². The Labute approximate surface area is 221 Å². The minimum Gasteiger partial charge on any atom is -0.495 e. The number of hydrogen-bond acceptors (Lipinski definition) is 9. The fraction of sp³-hybridized carbons (Fsp3) is 0.360. The lowest BCUT2D eigenvalue weighted by Crippen LogP contribution is -2.34. The van der Waals surface area contributed by atoms with Gasteiger partial charge in [-0.3, -0.25) is 0 Å². The van der Waals surface area contributed by atoms with Gasteiger partial charge < -0.3 is 25.4 Å². The van der Waals surface area contributed by atoms with Gasteiger partial charge in [-0.25, -0.2) is 18.5 Å². The standard InChI is InChI=1S/C25H31ClN6O4S/c1-36-23-14-18(17-8-10-32(11-9-17)12-13-33)6-7-22(23)30-25-28-15-20(26)24(31-25)29-21-5-3-2-4-19(21)16-37(27,34)35/h2-7,14-15,17,33H,8-13,16H2,1H3,(H2,27,34,35)(H2,28,29,30,31). The lowest BCUT2D eigenvalue weighted by molar-refractivity contribution is 0.164. The number of halogens is 1. The van der Waals surface area contributed by atoms with Crippen LogP contribution in [0.3, 0.4) is 0 Å². The molecule has 0 radical (unpaired) electrons. The summed E-state index contributed by atoms with van der Waals surface area (Å²) in [5.41, 5.74) is 2.92. The van der Waals surface area contributed by atoms with E-state index in [1.807, 2.05) is 12.1 Å². The van der Waals surface area contributed by atoms with Crippen LogP contribution < -0.4 is 20.5 Å². The Morgan fingerprint density at radius 1 is 1.16 bits per heavy atom. The molecular formula is C25H31ClN6O4S. The molecule has 0 unspecified atom stereocenters. The van der Waals surface area contributed by atoms with E-state index >= 15 is 0 Å². The van der Waals surface area contributed by atoms with Gasteiger partial charge in [0.2, 0.25) is 16.0 Å². The number of likely N-dealkylation sites (tertiary alicyclic amines) is 1. The Morgan fingerprint density at radius 2 is 1.92 bits per heavy atom. The fourth-order valence-corrected chi connectivity index (χ4v) is 5.27. The van der Waals surface area contributed by atoms with Crippen LogP contribution in [-0.4, -0.2) is 61.7 Å². The maximum atomic E-state index is 11.6. The molecule has 37 heavy (non-hydrogen) atoms. The Morgan fingerprint density at radius 3 is 2.62 bits per heavy atom. The minimum absolute atomic E-state index is 0.185. The van der Waals surface area contributed by atoms with Crippen LogP contribution in [0.1, 0.15) is 29.9 Å². The third-order valence-electron chi connectivity index (χ3n) is 6.32. The number of ether oxygens (including phenoxy) is 1. The number of anilines is 4. The number of aliphatic hydroxyl groups excluding tert-OH is 1. The van der Waals surface area contributed by atoms with Crippen molar-refractivity contribution in [1.29, 1.82) is 0 Å². The van der Waals surface area contributed by atoms with E-state index in [1.54, 1.807) is 31.4 Å². The van der Waals surface area contributed by atoms with Crippen molar-refractivity contribution in [2.24, 2.45) is 5.14 Å². The van der Waals surface area contributed by atoms with Gasteiger partial charge in [-0.2, -0.15) is 4.98 Å². The van der Waals surface area contributed by atoms with Gasteiger partial charge in [-0.15, -0.1) is 0 Å². The number of aromatic nitrogens is 2. The lowest BCUT2D eigenvalue weighted by atomic mass is 9.89. The van der Waals surface area contributed by atoms with Gasteiger partial charge in [0.05, 0.1) is 31.4 Å². The molecule has 1 aromatic heterocycles. The van der Waals surface area contributed by atoms with Crippen LogP contribution in [-0.2, 0) is 15.8 Å². The maximum Gasteiger partial charge on any atom is 0.229 e. The summed E-state index contributed by atoms with van der Waals surface area (Å²) in [6.07, 6.45) is 3.51. The van der Waals surface area contributed by atoms with Crippen molar-refractivity contribution in [2.45, 2.75) is 24.5 Å². The zero-order chi connectivity index (χ0) is 26.4. The number of hydrogen-bond donors (Lipinski definition) is 4. The smallest absolute Gasteiger partial charge is 0.229 e. The van der Waals surface area contributed by atoms with Crippen molar-refractivity contribution in [3.05, 3.63) is 64.8 Å². The first-order valence-electron chi connectivity index (χ1n) is 11.9. The molecule has 198 valence electrons. The van der Waals surface area contributed by atoms with E-state index in [0.29, 0.717) is 46.9 Å². The van der Waals surface area contributed by atoms with E-state index in [4.69, 9.17) is 26.6 Å². The highest BCUT2D eigenvalue weighted by Crippen LogP contribution is 2.35. The van der Waals surface area contributed by atoms with Gasteiger partial charge >= 0.3 is 0 Å². The highest BCUT2D eigenvalue weighted by molar-refractivity contribution is 7.88. The Hall–Kier alpha value is -2.96. The second kappa shape index (κ2) is 12.1. The predicted octanol–water partition coefficient (Wildman–Crippen LogP) is 3.59. The summed E-state index contributed by atoms with van der Waals surface area (Å²) in [6, 6.07) is 13.0. The summed E-state index contributed by atoms with van der Waals surface area (Å²) < 4.78 is 28.9. The molecule has 3 aromatic rings. The maximum absolute atomic E-state index is 11.6. The first kappa shape index (κ1) is 27.1. The van der Waals surface area contributed by atoms with Crippen molar-refractivity contribution in [2.75, 3.05) is 44.0 Å². The van der Waals surface area contributed by atoms with Crippen molar-refractivity contribution < 1.29 is 18.3 Å². The number of para-hydroxylation sites is 1. The largest absolute Gasteiger partial charge is 0.495 e. The molecule has 0 bridgehead atoms. The number of aliphatic hydroxyl groups is 1. The summed E-state index contributed by atoms with van der Waals surface area (Å²) in [6.45, 7) is 2.82. The monoisotopic (exact) mass is 546 g/mol. The van der Waals surface area contributed by atoms with Crippen LogP contribution >= 0.6 is 11.6 Å². The Bertz CT molecular complexity index is 1330. The molecule has 0 atom stereocenters. The average molecular weight is 547 g/mol. The van der Waals surface area contributed by atoms with E-state index in [0.717, 1.165) is 25.9 Å². The number of benzene rings is 2. The number of β-amino-alcohol motifs (C(OH)–C–C–N with tert-alkyl or cyclic N) is 1.